The number of furan rings is 1. The molecule has 9 nitrogen and oxygen atoms in total. The molecule has 31 heavy (non-hydrogen) atoms. The lowest BCUT2D eigenvalue weighted by molar-refractivity contribution is -0.118. The quantitative estimate of drug-likeness (QED) is 0.402. The smallest absolute Gasteiger partial charge is 0.289 e. The molecule has 0 saturated carbocycles. The van der Waals surface area contributed by atoms with Gasteiger partial charge in [0, 0.05) is 45.2 Å². The van der Waals surface area contributed by atoms with Crippen molar-refractivity contribution < 1.29 is 18.7 Å². The van der Waals surface area contributed by atoms with Gasteiger partial charge in [0.2, 0.25) is 11.0 Å². The van der Waals surface area contributed by atoms with Gasteiger partial charge >= 0.3 is 0 Å². The van der Waals surface area contributed by atoms with Gasteiger partial charge in [0.25, 0.3) is 5.91 Å². The lowest BCUT2D eigenvalue weighted by Gasteiger charge is -2.33. The summed E-state index contributed by atoms with van der Waals surface area (Å²) in [6.07, 6.45) is 0. The van der Waals surface area contributed by atoms with Crippen molar-refractivity contribution >= 4 is 51.0 Å². The molecule has 1 aliphatic heterocycles. The van der Waals surface area contributed by atoms with Gasteiger partial charge in [-0.3, -0.25) is 9.59 Å². The first-order valence-electron chi connectivity index (χ1n) is 9.89. The summed E-state index contributed by atoms with van der Waals surface area (Å²) in [4.78, 5) is 28.5. The number of benzene rings is 1. The van der Waals surface area contributed by atoms with E-state index in [1.807, 2.05) is 24.3 Å². The normalized spacial score (nSPS) is 14.2. The molecule has 0 bridgehead atoms. The highest BCUT2D eigenvalue weighted by Gasteiger charge is 2.26. The van der Waals surface area contributed by atoms with Gasteiger partial charge in [-0.15, -0.1) is 10.2 Å². The molecule has 2 aromatic heterocycles. The van der Waals surface area contributed by atoms with Crippen LogP contribution < -0.4 is 10.2 Å². The van der Waals surface area contributed by atoms with Gasteiger partial charge in [0.1, 0.15) is 5.58 Å². The first kappa shape index (κ1) is 21.6. The van der Waals surface area contributed by atoms with Crippen molar-refractivity contribution in [1.29, 1.82) is 0 Å². The van der Waals surface area contributed by atoms with Crippen LogP contribution >= 0.6 is 23.1 Å². The van der Waals surface area contributed by atoms with Crippen LogP contribution in [0.1, 0.15) is 10.6 Å². The van der Waals surface area contributed by atoms with Crippen LogP contribution in [-0.2, 0) is 9.53 Å². The molecule has 3 aromatic rings. The summed E-state index contributed by atoms with van der Waals surface area (Å²) in [5, 5.41) is 12.9. The van der Waals surface area contributed by atoms with E-state index in [0.717, 1.165) is 20.4 Å². The highest BCUT2D eigenvalue weighted by molar-refractivity contribution is 8.01. The SMILES string of the molecule is COCCNC(=O)CSc1nnc(N2CCN(C(=O)c3cc4ccccc4o3)CC2)s1. The van der Waals surface area contributed by atoms with Crippen molar-refractivity contribution in [2.75, 3.05) is 57.1 Å². The number of para-hydroxylation sites is 1. The van der Waals surface area contributed by atoms with E-state index in [4.69, 9.17) is 9.15 Å². The Bertz CT molecular complexity index is 1010. The van der Waals surface area contributed by atoms with Crippen LogP contribution in [-0.4, -0.2) is 79.1 Å². The Morgan fingerprint density at radius 1 is 1.23 bits per heavy atom. The van der Waals surface area contributed by atoms with E-state index in [-0.39, 0.29) is 17.6 Å². The average molecular weight is 462 g/mol. The first-order chi connectivity index (χ1) is 15.1. The Hall–Kier alpha value is -2.63. The number of carbonyl (C=O) groups is 2. The highest BCUT2D eigenvalue weighted by Crippen LogP contribution is 2.29. The molecule has 1 aromatic carbocycles. The Morgan fingerprint density at radius 3 is 2.81 bits per heavy atom. The largest absolute Gasteiger partial charge is 0.451 e. The zero-order valence-electron chi connectivity index (χ0n) is 17.1. The van der Waals surface area contributed by atoms with Crippen molar-refractivity contribution in [3.8, 4) is 0 Å². The van der Waals surface area contributed by atoms with Crippen LogP contribution in [0.5, 0.6) is 0 Å². The number of ether oxygens (including phenoxy) is 1. The van der Waals surface area contributed by atoms with E-state index in [0.29, 0.717) is 45.1 Å². The number of thioether (sulfide) groups is 1. The van der Waals surface area contributed by atoms with Crippen molar-refractivity contribution in [3.63, 3.8) is 0 Å². The third-order valence-corrected chi connectivity index (χ3v) is 6.94. The number of methoxy groups -OCH3 is 1. The number of rotatable bonds is 8. The second-order valence-electron chi connectivity index (χ2n) is 6.91. The number of aromatic nitrogens is 2. The Morgan fingerprint density at radius 2 is 2.03 bits per heavy atom. The molecule has 0 atom stereocenters. The van der Waals surface area contributed by atoms with Gasteiger partial charge in [0.05, 0.1) is 12.4 Å². The van der Waals surface area contributed by atoms with Gasteiger partial charge in [-0.05, 0) is 12.1 Å². The lowest BCUT2D eigenvalue weighted by Crippen LogP contribution is -2.48. The summed E-state index contributed by atoms with van der Waals surface area (Å²) in [6.45, 7) is 3.49. The van der Waals surface area contributed by atoms with Crippen molar-refractivity contribution in [1.82, 2.24) is 20.4 Å². The fourth-order valence-corrected chi connectivity index (χ4v) is 4.93. The van der Waals surface area contributed by atoms with Crippen LogP contribution in [0.4, 0.5) is 5.13 Å². The molecule has 4 rings (SSSR count). The van der Waals surface area contributed by atoms with E-state index in [1.54, 1.807) is 18.1 Å². The zero-order valence-corrected chi connectivity index (χ0v) is 18.7. The minimum Gasteiger partial charge on any atom is -0.451 e. The standard InChI is InChI=1S/C20H23N5O4S2/c1-28-11-6-21-17(26)13-30-20-23-22-19(31-20)25-9-7-24(8-10-25)18(27)16-12-14-4-2-3-5-15(14)29-16/h2-5,12H,6-11,13H2,1H3,(H,21,26). The van der Waals surface area contributed by atoms with Gasteiger partial charge in [-0.2, -0.15) is 0 Å². The van der Waals surface area contributed by atoms with Gasteiger partial charge in [0.15, 0.2) is 10.1 Å². The lowest BCUT2D eigenvalue weighted by atomic mass is 10.2. The molecule has 1 saturated heterocycles. The molecule has 3 heterocycles. The zero-order chi connectivity index (χ0) is 21.6. The minimum atomic E-state index is -0.0937. The summed E-state index contributed by atoms with van der Waals surface area (Å²) in [7, 11) is 1.60. The number of nitrogens with zero attached hydrogens (tertiary/aromatic N) is 4. The van der Waals surface area contributed by atoms with Crippen molar-refractivity contribution in [3.05, 3.63) is 36.1 Å². The molecule has 1 aliphatic rings. The Labute approximate surface area is 187 Å². The van der Waals surface area contributed by atoms with E-state index in [9.17, 15) is 9.59 Å². The predicted octanol–water partition coefficient (Wildman–Crippen LogP) is 2.10. The van der Waals surface area contributed by atoms with E-state index in [2.05, 4.69) is 20.4 Å². The maximum Gasteiger partial charge on any atom is 0.289 e. The van der Waals surface area contributed by atoms with Gasteiger partial charge < -0.3 is 24.3 Å². The van der Waals surface area contributed by atoms with Crippen LogP contribution in [0.25, 0.3) is 11.0 Å². The number of hydrogen-bond acceptors (Lipinski definition) is 9. The van der Waals surface area contributed by atoms with Crippen LogP contribution in [0.15, 0.2) is 39.1 Å². The van der Waals surface area contributed by atoms with Crippen LogP contribution in [0.2, 0.25) is 0 Å². The number of hydrogen-bond donors (Lipinski definition) is 1. The van der Waals surface area contributed by atoms with Crippen LogP contribution in [0, 0.1) is 0 Å². The molecule has 2 amide bonds. The molecule has 11 heteroatoms. The topological polar surface area (TPSA) is 101 Å². The molecule has 1 N–H and O–H groups in total. The second-order valence-corrected chi connectivity index (χ2v) is 9.09. The molecule has 0 aliphatic carbocycles. The van der Waals surface area contributed by atoms with Crippen molar-refractivity contribution in [2.24, 2.45) is 0 Å². The number of fused-ring (bicyclic) bond motifs is 1. The second kappa shape index (κ2) is 10.1. The number of anilines is 1. The Kier molecular flexibility index (Phi) is 7.05. The summed E-state index contributed by atoms with van der Waals surface area (Å²) < 4.78 is 11.4. The highest BCUT2D eigenvalue weighted by atomic mass is 32.2. The van der Waals surface area contributed by atoms with Crippen LogP contribution in [0.3, 0.4) is 0 Å². The molecule has 0 unspecified atom stereocenters. The molecule has 0 radical (unpaired) electrons. The van der Waals surface area contributed by atoms with Crippen molar-refractivity contribution in [2.45, 2.75) is 4.34 Å². The third-order valence-electron chi connectivity index (χ3n) is 4.82. The molecule has 1 fully saturated rings. The fraction of sp³-hybridized carbons (Fsp3) is 0.400. The van der Waals surface area contributed by atoms with Gasteiger partial charge in [-0.1, -0.05) is 41.3 Å². The number of nitrogens with one attached hydrogen (secondary N) is 1. The molecular weight excluding hydrogens is 438 g/mol. The summed E-state index contributed by atoms with van der Waals surface area (Å²) in [6, 6.07) is 9.40. The molecule has 164 valence electrons. The number of amides is 2. The van der Waals surface area contributed by atoms with E-state index >= 15 is 0 Å². The average Bonchev–Trinajstić information content (AvgIpc) is 3.45. The maximum atomic E-state index is 12.8. The minimum absolute atomic E-state index is 0.0588. The van der Waals surface area contributed by atoms with E-state index < -0.39 is 0 Å². The van der Waals surface area contributed by atoms with Gasteiger partial charge in [-0.25, -0.2) is 0 Å². The molecule has 0 spiro atoms. The summed E-state index contributed by atoms with van der Waals surface area (Å²) in [5.41, 5.74) is 0.718. The van der Waals surface area contributed by atoms with E-state index in [1.165, 1.54) is 23.1 Å². The predicted molar refractivity (Wildman–Crippen MR) is 120 cm³/mol. The Balaban J connectivity index is 1.27. The summed E-state index contributed by atoms with van der Waals surface area (Å²) >= 11 is 2.82. The molecular formula is C20H23N5O4S2. The maximum absolute atomic E-state index is 12.8. The number of carbonyl (C=O) groups excluding carboxylic acids is 2. The fourth-order valence-electron chi connectivity index (χ4n) is 3.20. The first-order valence-corrected chi connectivity index (χ1v) is 11.7. The monoisotopic (exact) mass is 461 g/mol. The summed E-state index contributed by atoms with van der Waals surface area (Å²) in [5.74, 6) is 0.506. The third kappa shape index (κ3) is 5.35. The number of piperazine rings is 1.